The maximum atomic E-state index is 12.6. The number of methoxy groups -OCH3 is 1. The molecule has 176 valence electrons. The lowest BCUT2D eigenvalue weighted by molar-refractivity contribution is -0.0553. The predicted octanol–water partition coefficient (Wildman–Crippen LogP) is 2.67. The molecule has 2 aliphatic rings. The van der Waals surface area contributed by atoms with E-state index in [-0.39, 0.29) is 30.4 Å². The average Bonchev–Trinajstić information content (AvgIpc) is 2.82. The summed E-state index contributed by atoms with van der Waals surface area (Å²) in [5.74, 6) is 7.33. The number of ether oxygens (including phenoxy) is 1. The molecule has 0 radical (unpaired) electrons. The van der Waals surface area contributed by atoms with Gasteiger partial charge in [-0.1, -0.05) is 36.1 Å². The molecule has 3 atom stereocenters. The lowest BCUT2D eigenvalue weighted by atomic mass is 9.74. The quantitative estimate of drug-likeness (QED) is 0.684. The van der Waals surface area contributed by atoms with Gasteiger partial charge >= 0.3 is 0 Å². The Hall–Kier alpha value is -2.37. The highest BCUT2D eigenvalue weighted by atomic mass is 32.2. The minimum absolute atomic E-state index is 0.0183. The summed E-state index contributed by atoms with van der Waals surface area (Å²) in [6.07, 6.45) is 1.79. The Balaban J connectivity index is 1.55. The summed E-state index contributed by atoms with van der Waals surface area (Å²) < 4.78 is 32.2. The number of rotatable bonds is 5. The zero-order valence-electron chi connectivity index (χ0n) is 19.3. The van der Waals surface area contributed by atoms with Crippen LogP contribution in [0.15, 0.2) is 48.5 Å². The van der Waals surface area contributed by atoms with Gasteiger partial charge in [0.05, 0.1) is 25.0 Å². The van der Waals surface area contributed by atoms with Gasteiger partial charge in [-0.15, -0.1) is 0 Å². The predicted molar refractivity (Wildman–Crippen MR) is 130 cm³/mol. The van der Waals surface area contributed by atoms with Crippen LogP contribution >= 0.6 is 0 Å². The maximum Gasteiger partial charge on any atom is 0.213 e. The highest BCUT2D eigenvalue weighted by Gasteiger charge is 2.49. The first-order valence-corrected chi connectivity index (χ1v) is 13.2. The summed E-state index contributed by atoms with van der Waals surface area (Å²) in [4.78, 5) is 2.29. The molecule has 0 amide bonds. The molecule has 33 heavy (non-hydrogen) atoms. The van der Waals surface area contributed by atoms with Crippen molar-refractivity contribution in [1.82, 2.24) is 9.21 Å². The van der Waals surface area contributed by atoms with Gasteiger partial charge in [0.25, 0.3) is 0 Å². The molecule has 0 spiro atoms. The number of fused-ring (bicyclic) bond motifs is 1. The fraction of sp³-hybridized carbons (Fsp3) is 0.462. The van der Waals surface area contributed by atoms with Gasteiger partial charge in [-0.05, 0) is 56.1 Å². The van der Waals surface area contributed by atoms with Gasteiger partial charge in [0.15, 0.2) is 0 Å². The molecule has 6 nitrogen and oxygen atoms in total. The minimum atomic E-state index is -3.24. The van der Waals surface area contributed by atoms with E-state index in [1.54, 1.807) is 18.3 Å². The lowest BCUT2D eigenvalue weighted by Crippen LogP contribution is -2.67. The Morgan fingerprint density at radius 3 is 2.48 bits per heavy atom. The van der Waals surface area contributed by atoms with Gasteiger partial charge < -0.3 is 9.84 Å². The Kier molecular flexibility index (Phi) is 7.40. The van der Waals surface area contributed by atoms with Crippen molar-refractivity contribution in [3.05, 3.63) is 65.2 Å². The SMILES string of the molecule is CCS(=O)(=O)N1CCCCN2[C@H](CO)[C@H](c3ccc(C#Cc4ccccc4OC)cc3)[C@@H]2C1. The van der Waals surface area contributed by atoms with Gasteiger partial charge in [-0.25, -0.2) is 12.7 Å². The number of para-hydroxylation sites is 1. The molecule has 2 aliphatic heterocycles. The summed E-state index contributed by atoms with van der Waals surface area (Å²) in [7, 11) is -1.61. The number of aliphatic hydroxyl groups excluding tert-OH is 1. The topological polar surface area (TPSA) is 70.1 Å². The van der Waals surface area contributed by atoms with Gasteiger partial charge in [0.2, 0.25) is 10.0 Å². The second-order valence-electron chi connectivity index (χ2n) is 8.62. The number of nitrogens with zero attached hydrogens (tertiary/aromatic N) is 2. The Morgan fingerprint density at radius 2 is 1.79 bits per heavy atom. The summed E-state index contributed by atoms with van der Waals surface area (Å²) in [5, 5.41) is 10.1. The van der Waals surface area contributed by atoms with Crippen molar-refractivity contribution in [3.8, 4) is 17.6 Å². The molecule has 0 aliphatic carbocycles. The number of benzene rings is 2. The number of aliphatic hydroxyl groups is 1. The van der Waals surface area contributed by atoms with Crippen molar-refractivity contribution in [2.75, 3.05) is 39.1 Å². The van der Waals surface area contributed by atoms with E-state index in [1.807, 2.05) is 36.4 Å². The van der Waals surface area contributed by atoms with E-state index in [2.05, 4.69) is 28.9 Å². The van der Waals surface area contributed by atoms with E-state index < -0.39 is 10.0 Å². The molecule has 2 fully saturated rings. The van der Waals surface area contributed by atoms with Crippen LogP contribution in [0.1, 0.15) is 42.4 Å². The third-order valence-corrected chi connectivity index (χ3v) is 8.68. The second kappa shape index (κ2) is 10.3. The number of sulfonamides is 1. The van der Waals surface area contributed by atoms with Gasteiger partial charge in [-0.2, -0.15) is 0 Å². The van der Waals surface area contributed by atoms with E-state index in [9.17, 15) is 13.5 Å². The monoisotopic (exact) mass is 468 g/mol. The highest BCUT2D eigenvalue weighted by Crippen LogP contribution is 2.42. The maximum absolute atomic E-state index is 12.6. The van der Waals surface area contributed by atoms with Crippen LogP contribution in [0.3, 0.4) is 0 Å². The Morgan fingerprint density at radius 1 is 1.06 bits per heavy atom. The van der Waals surface area contributed by atoms with Crippen LogP contribution in [0.4, 0.5) is 0 Å². The molecule has 2 saturated heterocycles. The molecule has 4 rings (SSSR count). The fourth-order valence-electron chi connectivity index (χ4n) is 5.02. The van der Waals surface area contributed by atoms with Crippen LogP contribution in [-0.4, -0.2) is 73.9 Å². The minimum Gasteiger partial charge on any atom is -0.495 e. The third kappa shape index (κ3) is 4.95. The molecule has 0 saturated carbocycles. The van der Waals surface area contributed by atoms with Crippen molar-refractivity contribution in [2.45, 2.75) is 37.8 Å². The lowest BCUT2D eigenvalue weighted by Gasteiger charge is -2.57. The third-order valence-electron chi connectivity index (χ3n) is 6.83. The average molecular weight is 469 g/mol. The van der Waals surface area contributed by atoms with Gasteiger partial charge in [0.1, 0.15) is 5.75 Å². The number of hydrogen-bond acceptors (Lipinski definition) is 5. The first-order valence-electron chi connectivity index (χ1n) is 11.6. The molecule has 2 heterocycles. The van der Waals surface area contributed by atoms with Crippen LogP contribution in [0.2, 0.25) is 0 Å². The van der Waals surface area contributed by atoms with Gasteiger partial charge in [-0.3, -0.25) is 4.90 Å². The van der Waals surface area contributed by atoms with E-state index in [0.717, 1.165) is 41.8 Å². The summed E-state index contributed by atoms with van der Waals surface area (Å²) in [6.45, 7) is 3.72. The van der Waals surface area contributed by atoms with E-state index >= 15 is 0 Å². The van der Waals surface area contributed by atoms with Crippen LogP contribution in [-0.2, 0) is 10.0 Å². The van der Waals surface area contributed by atoms with E-state index in [1.165, 1.54) is 0 Å². The molecule has 0 unspecified atom stereocenters. The molecule has 2 aromatic rings. The summed E-state index contributed by atoms with van der Waals surface area (Å²) in [5.41, 5.74) is 2.85. The molecule has 1 N–H and O–H groups in total. The Bertz CT molecular complexity index is 1120. The fourth-order valence-corrected chi connectivity index (χ4v) is 6.17. The first-order chi connectivity index (χ1) is 16.0. The summed E-state index contributed by atoms with van der Waals surface area (Å²) >= 11 is 0. The van der Waals surface area contributed by atoms with Crippen molar-refractivity contribution in [3.63, 3.8) is 0 Å². The summed E-state index contributed by atoms with van der Waals surface area (Å²) in [6, 6.07) is 15.9. The molecule has 7 heteroatoms. The van der Waals surface area contributed by atoms with E-state index in [4.69, 9.17) is 4.74 Å². The zero-order chi connectivity index (χ0) is 23.4. The van der Waals surface area contributed by atoms with Crippen LogP contribution < -0.4 is 4.74 Å². The van der Waals surface area contributed by atoms with Crippen molar-refractivity contribution >= 4 is 10.0 Å². The smallest absolute Gasteiger partial charge is 0.213 e. The van der Waals surface area contributed by atoms with Crippen LogP contribution in [0.25, 0.3) is 0 Å². The molecular weight excluding hydrogens is 436 g/mol. The van der Waals surface area contributed by atoms with E-state index in [0.29, 0.717) is 13.1 Å². The second-order valence-corrected chi connectivity index (χ2v) is 10.9. The highest BCUT2D eigenvalue weighted by molar-refractivity contribution is 7.89. The zero-order valence-corrected chi connectivity index (χ0v) is 20.1. The molecule has 0 aromatic heterocycles. The van der Waals surface area contributed by atoms with Crippen molar-refractivity contribution in [2.24, 2.45) is 0 Å². The van der Waals surface area contributed by atoms with Gasteiger partial charge in [0, 0.05) is 36.7 Å². The van der Waals surface area contributed by atoms with Crippen LogP contribution in [0, 0.1) is 11.8 Å². The standard InChI is InChI=1S/C26H32N2O4S/c1-3-33(30,31)27-16-6-7-17-28-23(18-27)26(24(28)19-29)22-14-11-20(12-15-22)10-13-21-8-4-5-9-25(21)32-2/h4-5,8-9,11-12,14-15,23-24,26,29H,3,6-7,16-19H2,1-2H3/t23-,24+,26+/m0/s1. The van der Waals surface area contributed by atoms with Crippen LogP contribution in [0.5, 0.6) is 5.75 Å². The normalized spacial score (nSPS) is 23.9. The molecule has 2 aromatic carbocycles. The van der Waals surface area contributed by atoms with Crippen molar-refractivity contribution in [1.29, 1.82) is 0 Å². The number of hydrogen-bond donors (Lipinski definition) is 1. The molecule has 0 bridgehead atoms. The Labute approximate surface area is 197 Å². The van der Waals surface area contributed by atoms with Crippen molar-refractivity contribution < 1.29 is 18.3 Å². The first kappa shape index (κ1) is 23.8. The molecular formula is C26H32N2O4S. The largest absolute Gasteiger partial charge is 0.495 e.